The zero-order valence-electron chi connectivity index (χ0n) is 18.5. The first-order chi connectivity index (χ1) is 16.0. The lowest BCUT2D eigenvalue weighted by Gasteiger charge is -2.39. The maximum absolute atomic E-state index is 13.1. The highest BCUT2D eigenvalue weighted by molar-refractivity contribution is 6.31. The van der Waals surface area contributed by atoms with Gasteiger partial charge >= 0.3 is 0 Å². The summed E-state index contributed by atoms with van der Waals surface area (Å²) in [6, 6.07) is 13.6. The number of hydrogen-bond acceptors (Lipinski definition) is 5. The Morgan fingerprint density at radius 2 is 1.79 bits per heavy atom. The van der Waals surface area contributed by atoms with E-state index in [1.54, 1.807) is 36.3 Å². The van der Waals surface area contributed by atoms with E-state index >= 15 is 0 Å². The number of halogens is 1. The number of amides is 3. The molecule has 1 N–H and O–H groups in total. The fraction of sp³-hybridized carbons (Fsp3) is 0.375. The third kappa shape index (κ3) is 5.22. The van der Waals surface area contributed by atoms with Crippen molar-refractivity contribution in [2.45, 2.75) is 12.5 Å². The van der Waals surface area contributed by atoms with Crippen LogP contribution in [-0.2, 0) is 9.59 Å². The Hall–Kier alpha value is -3.26. The molecule has 2 fully saturated rings. The summed E-state index contributed by atoms with van der Waals surface area (Å²) in [6.07, 6.45) is -0.0410. The molecular formula is C24H27ClN4O4. The molecule has 174 valence electrons. The van der Waals surface area contributed by atoms with Crippen molar-refractivity contribution in [3.8, 4) is 5.75 Å². The molecule has 0 bridgehead atoms. The first kappa shape index (κ1) is 22.9. The van der Waals surface area contributed by atoms with E-state index in [0.29, 0.717) is 49.9 Å². The third-order valence-electron chi connectivity index (χ3n) is 6.10. The Balaban J connectivity index is 1.38. The molecule has 4 rings (SSSR count). The first-order valence-electron chi connectivity index (χ1n) is 11.0. The minimum absolute atomic E-state index is 0.0410. The standard InChI is InChI=1S/C24H27ClN4O4/c1-33-20-7-5-19(6-8-20)27-11-13-28(14-12-27)22(30)16-21-23(31)26-9-10-29(21)24(32)17-3-2-4-18(25)15-17/h2-8,15,21H,9-14,16H2,1H3,(H,26,31). The van der Waals surface area contributed by atoms with E-state index in [0.717, 1.165) is 11.4 Å². The highest BCUT2D eigenvalue weighted by atomic mass is 35.5. The van der Waals surface area contributed by atoms with Crippen LogP contribution in [0.2, 0.25) is 5.02 Å². The molecular weight excluding hydrogens is 444 g/mol. The quantitative estimate of drug-likeness (QED) is 0.723. The first-order valence-corrected chi connectivity index (χ1v) is 11.3. The Morgan fingerprint density at radius 3 is 2.45 bits per heavy atom. The van der Waals surface area contributed by atoms with Crippen molar-refractivity contribution in [2.75, 3.05) is 51.3 Å². The van der Waals surface area contributed by atoms with Crippen LogP contribution < -0.4 is 15.0 Å². The number of benzene rings is 2. The number of hydrogen-bond donors (Lipinski definition) is 1. The largest absolute Gasteiger partial charge is 0.497 e. The monoisotopic (exact) mass is 470 g/mol. The summed E-state index contributed by atoms with van der Waals surface area (Å²) in [5.41, 5.74) is 1.48. The zero-order valence-corrected chi connectivity index (χ0v) is 19.3. The van der Waals surface area contributed by atoms with Gasteiger partial charge in [0, 0.05) is 55.5 Å². The summed E-state index contributed by atoms with van der Waals surface area (Å²) in [7, 11) is 1.63. The molecule has 0 radical (unpaired) electrons. The van der Waals surface area contributed by atoms with Crippen molar-refractivity contribution in [3.05, 3.63) is 59.1 Å². The van der Waals surface area contributed by atoms with Crippen LogP contribution in [0.5, 0.6) is 5.75 Å². The molecule has 0 spiro atoms. The van der Waals surface area contributed by atoms with Gasteiger partial charge in [0.1, 0.15) is 11.8 Å². The molecule has 2 aromatic rings. The van der Waals surface area contributed by atoms with E-state index in [1.807, 2.05) is 24.3 Å². The molecule has 3 amide bonds. The van der Waals surface area contributed by atoms with Gasteiger partial charge in [-0.1, -0.05) is 17.7 Å². The Labute approximate surface area is 198 Å². The van der Waals surface area contributed by atoms with Crippen molar-refractivity contribution >= 4 is 35.0 Å². The van der Waals surface area contributed by atoms with Crippen LogP contribution in [0.25, 0.3) is 0 Å². The highest BCUT2D eigenvalue weighted by Crippen LogP contribution is 2.22. The van der Waals surface area contributed by atoms with Gasteiger partial charge in [0.25, 0.3) is 5.91 Å². The number of piperazine rings is 2. The van der Waals surface area contributed by atoms with Gasteiger partial charge in [-0.05, 0) is 42.5 Å². The number of nitrogens with one attached hydrogen (secondary N) is 1. The minimum Gasteiger partial charge on any atom is -0.497 e. The summed E-state index contributed by atoms with van der Waals surface area (Å²) in [4.78, 5) is 44.2. The lowest BCUT2D eigenvalue weighted by Crippen LogP contribution is -2.59. The zero-order chi connectivity index (χ0) is 23.4. The molecule has 2 aliphatic heterocycles. The van der Waals surface area contributed by atoms with E-state index in [9.17, 15) is 14.4 Å². The Morgan fingerprint density at radius 1 is 1.06 bits per heavy atom. The molecule has 8 nitrogen and oxygen atoms in total. The maximum atomic E-state index is 13.1. The SMILES string of the molecule is COc1ccc(N2CCN(C(=O)CC3C(=O)NCCN3C(=O)c3cccc(Cl)c3)CC2)cc1. The number of ether oxygens (including phenoxy) is 1. The van der Waals surface area contributed by atoms with Crippen molar-refractivity contribution < 1.29 is 19.1 Å². The van der Waals surface area contributed by atoms with Gasteiger partial charge in [-0.25, -0.2) is 0 Å². The van der Waals surface area contributed by atoms with Crippen molar-refractivity contribution in [3.63, 3.8) is 0 Å². The molecule has 2 aliphatic rings. The van der Waals surface area contributed by atoms with Crippen molar-refractivity contribution in [1.82, 2.24) is 15.1 Å². The summed E-state index contributed by atoms with van der Waals surface area (Å²) in [5.74, 6) is 0.0712. The van der Waals surface area contributed by atoms with Gasteiger partial charge in [0.05, 0.1) is 13.5 Å². The molecule has 1 atom stereocenters. The normalized spacial score (nSPS) is 18.7. The van der Waals surface area contributed by atoms with E-state index < -0.39 is 6.04 Å². The molecule has 1 unspecified atom stereocenters. The van der Waals surface area contributed by atoms with Crippen LogP contribution in [0.3, 0.4) is 0 Å². The van der Waals surface area contributed by atoms with Crippen molar-refractivity contribution in [2.24, 2.45) is 0 Å². The molecule has 0 saturated carbocycles. The van der Waals surface area contributed by atoms with E-state index in [4.69, 9.17) is 16.3 Å². The lowest BCUT2D eigenvalue weighted by atomic mass is 10.1. The Kier molecular flexibility index (Phi) is 7.03. The number of anilines is 1. The van der Waals surface area contributed by atoms with Crippen LogP contribution in [0.1, 0.15) is 16.8 Å². The summed E-state index contributed by atoms with van der Waals surface area (Å²) in [6.45, 7) is 3.21. The maximum Gasteiger partial charge on any atom is 0.254 e. The molecule has 0 aliphatic carbocycles. The van der Waals surface area contributed by atoms with Crippen LogP contribution in [0, 0.1) is 0 Å². The highest BCUT2D eigenvalue weighted by Gasteiger charge is 2.36. The molecule has 2 heterocycles. The second-order valence-corrected chi connectivity index (χ2v) is 8.52. The van der Waals surface area contributed by atoms with Gasteiger partial charge in [-0.15, -0.1) is 0 Å². The molecule has 0 aromatic heterocycles. The molecule has 2 aromatic carbocycles. The summed E-state index contributed by atoms with van der Waals surface area (Å²) >= 11 is 6.03. The predicted octanol–water partition coefficient (Wildman–Crippen LogP) is 2.03. The lowest BCUT2D eigenvalue weighted by molar-refractivity contribution is -0.138. The second-order valence-electron chi connectivity index (χ2n) is 8.09. The van der Waals surface area contributed by atoms with Crippen LogP contribution >= 0.6 is 11.6 Å². The van der Waals surface area contributed by atoms with E-state index in [1.165, 1.54) is 4.90 Å². The smallest absolute Gasteiger partial charge is 0.254 e. The topological polar surface area (TPSA) is 82.2 Å². The molecule has 2 saturated heterocycles. The van der Waals surface area contributed by atoms with Crippen LogP contribution in [0.4, 0.5) is 5.69 Å². The van der Waals surface area contributed by atoms with Gasteiger partial charge in [0.15, 0.2) is 0 Å². The number of methoxy groups -OCH3 is 1. The summed E-state index contributed by atoms with van der Waals surface area (Å²) in [5, 5.41) is 3.23. The minimum atomic E-state index is -0.836. The average molecular weight is 471 g/mol. The van der Waals surface area contributed by atoms with Gasteiger partial charge in [-0.2, -0.15) is 0 Å². The third-order valence-corrected chi connectivity index (χ3v) is 6.34. The number of nitrogens with zero attached hydrogens (tertiary/aromatic N) is 3. The Bertz CT molecular complexity index is 1020. The van der Waals surface area contributed by atoms with Gasteiger partial charge in [0.2, 0.25) is 11.8 Å². The summed E-state index contributed by atoms with van der Waals surface area (Å²) < 4.78 is 5.21. The van der Waals surface area contributed by atoms with Crippen LogP contribution in [0.15, 0.2) is 48.5 Å². The predicted molar refractivity (Wildman–Crippen MR) is 126 cm³/mol. The van der Waals surface area contributed by atoms with Crippen molar-refractivity contribution in [1.29, 1.82) is 0 Å². The van der Waals surface area contributed by atoms with Gasteiger partial charge < -0.3 is 24.8 Å². The van der Waals surface area contributed by atoms with Gasteiger partial charge in [-0.3, -0.25) is 14.4 Å². The second kappa shape index (κ2) is 10.1. The fourth-order valence-electron chi connectivity index (χ4n) is 4.25. The molecule has 33 heavy (non-hydrogen) atoms. The fourth-order valence-corrected chi connectivity index (χ4v) is 4.44. The van der Waals surface area contributed by atoms with Crippen LogP contribution in [-0.4, -0.2) is 79.9 Å². The number of carbonyl (C=O) groups excluding carboxylic acids is 3. The van der Waals surface area contributed by atoms with E-state index in [-0.39, 0.29) is 24.1 Å². The number of rotatable bonds is 5. The number of carbonyl (C=O) groups is 3. The average Bonchev–Trinajstić information content (AvgIpc) is 2.85. The van der Waals surface area contributed by atoms with E-state index in [2.05, 4.69) is 10.2 Å². The molecule has 9 heteroatoms.